The number of unbranched alkanes of at least 4 members (excludes halogenated alkanes) is 18. The second kappa shape index (κ2) is 30.3. The number of hydrogen-bond acceptors (Lipinski definition) is 5. The van der Waals surface area contributed by atoms with Crippen LogP contribution >= 0.6 is 45.3 Å². The lowest BCUT2D eigenvalue weighted by atomic mass is 9.63. The molecule has 91 heavy (non-hydrogen) atoms. The van der Waals surface area contributed by atoms with Gasteiger partial charge in [-0.05, 0) is 193 Å². The Labute approximate surface area is 564 Å². The number of rotatable bonds is 36. The molecule has 0 saturated heterocycles. The molecule has 0 bridgehead atoms. The summed E-state index contributed by atoms with van der Waals surface area (Å²) in [5, 5.41) is 4.47. The minimum Gasteiger partial charge on any atom is -0.298 e. The van der Waals surface area contributed by atoms with Crippen LogP contribution in [0.25, 0.3) is 84.9 Å². The Hall–Kier alpha value is -5.43. The minimum atomic E-state index is -0.199. The van der Waals surface area contributed by atoms with Crippen molar-refractivity contribution in [2.24, 2.45) is 0 Å². The van der Waals surface area contributed by atoms with Crippen LogP contribution in [0.15, 0.2) is 138 Å². The van der Waals surface area contributed by atoms with E-state index < -0.39 is 0 Å². The van der Waals surface area contributed by atoms with Crippen LogP contribution in [0.3, 0.4) is 0 Å². The van der Waals surface area contributed by atoms with Gasteiger partial charge in [-0.1, -0.05) is 268 Å². The molecule has 476 valence electrons. The van der Waals surface area contributed by atoms with Crippen molar-refractivity contribution in [1.29, 1.82) is 0 Å². The third-order valence-corrected chi connectivity index (χ3v) is 26.2. The SMILES string of the molecule is CCCCCCC1(CCCCCC)c2cc(-c3ccc(C=O)cc3)ccc2-c2c1c1c(c3c2C(CCCCCC)(CCCCCC)c2cc(-c4ccc(-c5cccs5)s4)ccc2-3)C(CCCCCC)(CCCCCC)c2cc(-c3ccc(-c4cccs4)s3)ccc2-1. The van der Waals surface area contributed by atoms with Gasteiger partial charge in [0.25, 0.3) is 0 Å². The monoisotopic (exact) mass is 1280 g/mol. The molecular weight excluding hydrogens is 1180 g/mol. The lowest BCUT2D eigenvalue weighted by Crippen LogP contribution is -2.31. The van der Waals surface area contributed by atoms with Gasteiger partial charge in [0.1, 0.15) is 6.29 Å². The Morgan fingerprint density at radius 1 is 0.308 bits per heavy atom. The van der Waals surface area contributed by atoms with E-state index in [2.05, 4.69) is 168 Å². The first-order valence-corrected chi connectivity index (χ1v) is 39.7. The van der Waals surface area contributed by atoms with Gasteiger partial charge in [-0.15, -0.1) is 45.3 Å². The Bertz CT molecular complexity index is 3720. The predicted octanol–water partition coefficient (Wildman–Crippen LogP) is 28.7. The molecule has 0 saturated carbocycles. The van der Waals surface area contributed by atoms with E-state index in [0.29, 0.717) is 0 Å². The molecule has 0 unspecified atom stereocenters. The van der Waals surface area contributed by atoms with Gasteiger partial charge < -0.3 is 0 Å². The van der Waals surface area contributed by atoms with Gasteiger partial charge in [-0.25, -0.2) is 0 Å². The lowest BCUT2D eigenvalue weighted by molar-refractivity contribution is 0.112. The summed E-state index contributed by atoms with van der Waals surface area (Å²) < 4.78 is 0. The molecule has 0 radical (unpaired) electrons. The molecule has 3 aliphatic carbocycles. The van der Waals surface area contributed by atoms with Crippen molar-refractivity contribution < 1.29 is 4.79 Å². The Balaban J connectivity index is 1.24. The molecule has 0 fully saturated rings. The number of carbonyl (C=O) groups is 1. The van der Waals surface area contributed by atoms with Crippen molar-refractivity contribution in [3.8, 4) is 84.9 Å². The fourth-order valence-corrected chi connectivity index (χ4v) is 20.9. The minimum absolute atomic E-state index is 0.175. The quantitative estimate of drug-likeness (QED) is 0.0283. The lowest BCUT2D eigenvalue weighted by Gasteiger charge is -2.40. The van der Waals surface area contributed by atoms with Gasteiger partial charge in [0.15, 0.2) is 0 Å². The molecule has 3 aliphatic rings. The van der Waals surface area contributed by atoms with Gasteiger partial charge >= 0.3 is 0 Å². The largest absolute Gasteiger partial charge is 0.298 e. The zero-order valence-corrected chi connectivity index (χ0v) is 59.4. The predicted molar refractivity (Wildman–Crippen MR) is 402 cm³/mol. The maximum Gasteiger partial charge on any atom is 0.150 e. The highest BCUT2D eigenvalue weighted by Gasteiger charge is 2.58. The van der Waals surface area contributed by atoms with Crippen LogP contribution in [0.2, 0.25) is 0 Å². The summed E-state index contributed by atoms with van der Waals surface area (Å²) in [6.45, 7) is 14.4. The highest BCUT2D eigenvalue weighted by Crippen LogP contribution is 2.72. The summed E-state index contributed by atoms with van der Waals surface area (Å²) in [4.78, 5) is 20.5. The number of carbonyl (C=O) groups excluding carboxylic acids is 1. The fraction of sp³-hybridized carbons (Fsp3) is 0.453. The maximum atomic E-state index is 12.2. The molecule has 5 heteroatoms. The standard InChI is InChI=1S/C86H102OS4/c1-7-13-19-25-49-84(50-26-20-14-8-2)69-57-63(62-37-35-61(60-87)36-38-62)39-42-66(69)78-81(84)79-67-43-40-64(72-45-47-76(90-72)74-33-31-55-88-74)58-70(67)86(53-29-23-17-11-5,54-30-24-18-12-6)83(79)80-68-44-41-65(73-46-48-77(91-73)75-34-32-56-89-75)59-71(68)85(82(78)80,51-27-21-15-9-3)52-28-22-16-10-4/h31-48,55-60H,7-30,49-54H2,1-6H3. The maximum absolute atomic E-state index is 12.2. The van der Waals surface area contributed by atoms with Crippen molar-refractivity contribution in [1.82, 2.24) is 0 Å². The van der Waals surface area contributed by atoms with E-state index in [9.17, 15) is 4.79 Å². The molecule has 4 heterocycles. The summed E-state index contributed by atoms with van der Waals surface area (Å²) in [5.41, 5.74) is 25.1. The van der Waals surface area contributed by atoms with Gasteiger partial charge in [-0.3, -0.25) is 4.79 Å². The number of thiophene rings is 4. The first-order valence-electron chi connectivity index (χ1n) is 36.4. The highest BCUT2D eigenvalue weighted by atomic mass is 32.1. The van der Waals surface area contributed by atoms with E-state index in [4.69, 9.17) is 0 Å². The molecule has 1 nitrogen and oxygen atoms in total. The molecule has 4 aromatic heterocycles. The fourth-order valence-electron chi connectivity index (χ4n) is 17.3. The molecular formula is C86H102OS4. The van der Waals surface area contributed by atoms with Crippen LogP contribution in [-0.2, 0) is 16.2 Å². The van der Waals surface area contributed by atoms with E-state index >= 15 is 0 Å². The van der Waals surface area contributed by atoms with Crippen LogP contribution in [-0.4, -0.2) is 6.29 Å². The second-order valence-electron chi connectivity index (χ2n) is 27.7. The van der Waals surface area contributed by atoms with E-state index in [1.54, 1.807) is 61.2 Å². The summed E-state index contributed by atoms with van der Waals surface area (Å²) >= 11 is 7.70. The zero-order valence-electron chi connectivity index (χ0n) is 56.1. The second-order valence-corrected chi connectivity index (χ2v) is 31.7. The normalized spacial score (nSPS) is 14.4. The number of hydrogen-bond donors (Lipinski definition) is 0. The molecule has 0 atom stereocenters. The summed E-state index contributed by atoms with van der Waals surface area (Å²) in [6.07, 6.45) is 38.1. The number of fused-ring (bicyclic) bond motifs is 12. The average molecular weight is 1280 g/mol. The van der Waals surface area contributed by atoms with Gasteiger partial charge in [-0.2, -0.15) is 0 Å². The van der Waals surface area contributed by atoms with E-state index in [0.717, 1.165) is 24.7 Å². The smallest absolute Gasteiger partial charge is 0.150 e. The molecule has 0 aliphatic heterocycles. The Kier molecular flexibility index (Phi) is 21.9. The van der Waals surface area contributed by atoms with Crippen LogP contribution < -0.4 is 0 Å². The number of aldehydes is 1. The van der Waals surface area contributed by atoms with Crippen molar-refractivity contribution in [2.45, 2.75) is 250 Å². The first kappa shape index (κ1) is 65.6. The number of benzene rings is 5. The molecule has 5 aromatic carbocycles. The Morgan fingerprint density at radius 2 is 0.615 bits per heavy atom. The summed E-state index contributed by atoms with van der Waals surface area (Å²) in [6, 6.07) is 51.2. The van der Waals surface area contributed by atoms with Gasteiger partial charge in [0, 0.05) is 51.1 Å². The summed E-state index contributed by atoms with van der Waals surface area (Å²) in [7, 11) is 0. The zero-order chi connectivity index (χ0) is 62.8. The van der Waals surface area contributed by atoms with E-state index in [1.807, 2.05) is 57.5 Å². The van der Waals surface area contributed by atoms with Crippen LogP contribution in [0, 0.1) is 0 Å². The van der Waals surface area contributed by atoms with Crippen LogP contribution in [0.4, 0.5) is 0 Å². The van der Waals surface area contributed by atoms with Crippen LogP contribution in [0.1, 0.15) is 278 Å². The van der Waals surface area contributed by atoms with E-state index in [-0.39, 0.29) is 16.2 Å². The third-order valence-electron chi connectivity index (χ3n) is 21.8. The first-order chi connectivity index (χ1) is 44.8. The topological polar surface area (TPSA) is 17.1 Å². The van der Waals surface area contributed by atoms with Crippen LogP contribution in [0.5, 0.6) is 0 Å². The van der Waals surface area contributed by atoms with E-state index in [1.165, 1.54) is 237 Å². The summed E-state index contributed by atoms with van der Waals surface area (Å²) in [5.74, 6) is 0. The van der Waals surface area contributed by atoms with Crippen molar-refractivity contribution in [3.05, 3.63) is 177 Å². The molecule has 0 amide bonds. The molecule has 9 aromatic rings. The third kappa shape index (κ3) is 12.9. The molecule has 12 rings (SSSR count). The Morgan fingerprint density at radius 3 is 0.923 bits per heavy atom. The van der Waals surface area contributed by atoms with Gasteiger partial charge in [0.05, 0.1) is 0 Å². The van der Waals surface area contributed by atoms with Crippen molar-refractivity contribution >= 4 is 51.6 Å². The molecule has 0 N–H and O–H groups in total. The molecule has 0 spiro atoms. The van der Waals surface area contributed by atoms with Crippen molar-refractivity contribution in [2.75, 3.05) is 0 Å². The average Bonchev–Trinajstić information content (AvgIpc) is 1.48. The highest BCUT2D eigenvalue weighted by molar-refractivity contribution is 7.23. The van der Waals surface area contributed by atoms with Crippen molar-refractivity contribution in [3.63, 3.8) is 0 Å². The van der Waals surface area contributed by atoms with Gasteiger partial charge in [0.2, 0.25) is 0 Å².